The van der Waals surface area contributed by atoms with Crippen molar-refractivity contribution in [1.82, 2.24) is 0 Å². The lowest BCUT2D eigenvalue weighted by atomic mass is 9.98. The second kappa shape index (κ2) is 31.2. The molecule has 0 spiro atoms. The van der Waals surface area contributed by atoms with Gasteiger partial charge >= 0.3 is 24.0 Å². The standard InChI is InChI=1S/C62H103F7O5Si3/c1-15-16-17-18-19-20-21-22-23-24-25-28-34-52(74-77(59(12,13)14,56-36-29-26-30-37-56)57-38-31-27-32-39-57)41-42-54(72-75(47(2)3,48(4)5)44-43-60(63,64)61(65,66)62(67,68)69)46-55(45-53-35-33-40-58(70)71-53)73-76(49(6)7,50(8)9)51(10)11/h26-27,29-33,36-40,47-55H,15-25,28,34-35,41-46H2,1-14H3/t52-,53-,54+,55-/m1/s1. The van der Waals surface area contributed by atoms with Gasteiger partial charge in [-0.05, 0) is 74.8 Å². The van der Waals surface area contributed by atoms with Crippen LogP contribution >= 0.6 is 0 Å². The molecule has 2 aromatic carbocycles. The number of hydrogen-bond donors (Lipinski definition) is 0. The molecular formula is C62H103F7O5Si3. The summed E-state index contributed by atoms with van der Waals surface area (Å²) in [6, 6.07) is 20.3. The predicted molar refractivity (Wildman–Crippen MR) is 312 cm³/mol. The Labute approximate surface area is 465 Å². The first-order valence-electron chi connectivity index (χ1n) is 29.8. The van der Waals surface area contributed by atoms with E-state index < -0.39 is 90.8 Å². The molecule has 0 saturated carbocycles. The first-order valence-corrected chi connectivity index (χ1v) is 36.1. The fourth-order valence-corrected chi connectivity index (χ4v) is 27.8. The van der Waals surface area contributed by atoms with Crippen LogP contribution in [0.1, 0.15) is 219 Å². The Morgan fingerprint density at radius 1 is 0.571 bits per heavy atom. The number of carbonyl (C=O) groups is 1. The Morgan fingerprint density at radius 3 is 1.44 bits per heavy atom. The fraction of sp³-hybridized carbons (Fsp3) is 0.758. The zero-order chi connectivity index (χ0) is 57.9. The number of alkyl halides is 7. The normalized spacial score (nSPS) is 16.8. The maximum Gasteiger partial charge on any atom is 0.459 e. The van der Waals surface area contributed by atoms with Crippen molar-refractivity contribution in [3.63, 3.8) is 0 Å². The summed E-state index contributed by atoms with van der Waals surface area (Å²) in [4.78, 5) is 12.7. The lowest BCUT2D eigenvalue weighted by molar-refractivity contribution is -0.354. The minimum atomic E-state index is -6.44. The van der Waals surface area contributed by atoms with Gasteiger partial charge in [0.15, 0.2) is 8.32 Å². The Bertz CT molecular complexity index is 1920. The summed E-state index contributed by atoms with van der Waals surface area (Å²) in [7, 11) is -9.48. The number of rotatable bonds is 37. The highest BCUT2D eigenvalue weighted by atomic mass is 28.4. The number of halogens is 7. The van der Waals surface area contributed by atoms with Gasteiger partial charge in [0.25, 0.3) is 8.32 Å². The lowest BCUT2D eigenvalue weighted by Crippen LogP contribution is -2.67. The maximum absolute atomic E-state index is 15.5. The van der Waals surface area contributed by atoms with Crippen LogP contribution in [0.25, 0.3) is 0 Å². The van der Waals surface area contributed by atoms with E-state index in [4.69, 9.17) is 18.0 Å². The van der Waals surface area contributed by atoms with Gasteiger partial charge < -0.3 is 18.0 Å². The predicted octanol–water partition coefficient (Wildman–Crippen LogP) is 19.4. The van der Waals surface area contributed by atoms with Crippen molar-refractivity contribution in [2.45, 2.75) is 300 Å². The third kappa shape index (κ3) is 18.9. The number of hydrogen-bond acceptors (Lipinski definition) is 5. The van der Waals surface area contributed by atoms with Crippen LogP contribution in [0.2, 0.25) is 38.8 Å². The molecule has 0 N–H and O–H groups in total. The van der Waals surface area contributed by atoms with E-state index in [9.17, 15) is 26.7 Å². The Kier molecular flexibility index (Phi) is 28.0. The van der Waals surface area contributed by atoms with Gasteiger partial charge in [-0.25, -0.2) is 4.79 Å². The number of carbonyl (C=O) groups excluding carboxylic acids is 1. The van der Waals surface area contributed by atoms with Gasteiger partial charge in [0.05, 0.1) is 6.10 Å². The molecule has 15 heteroatoms. The van der Waals surface area contributed by atoms with E-state index in [-0.39, 0.29) is 34.2 Å². The Hall–Kier alpha value is -2.31. The molecule has 1 aliphatic rings. The van der Waals surface area contributed by atoms with Crippen LogP contribution in [-0.4, -0.2) is 73.4 Å². The average molecular weight is 1150 g/mol. The topological polar surface area (TPSA) is 54.0 Å². The van der Waals surface area contributed by atoms with E-state index >= 15 is 8.78 Å². The number of esters is 1. The fourth-order valence-electron chi connectivity index (χ4n) is 12.8. The van der Waals surface area contributed by atoms with E-state index in [1.165, 1.54) is 57.4 Å². The molecule has 1 heterocycles. The van der Waals surface area contributed by atoms with Crippen LogP contribution in [-0.2, 0) is 22.8 Å². The monoisotopic (exact) mass is 1140 g/mol. The summed E-state index contributed by atoms with van der Waals surface area (Å²) in [5.74, 6) is -12.0. The molecule has 0 bridgehead atoms. The van der Waals surface area contributed by atoms with Crippen LogP contribution < -0.4 is 10.4 Å². The van der Waals surface area contributed by atoms with Crippen molar-refractivity contribution >= 4 is 41.3 Å². The quantitative estimate of drug-likeness (QED) is 0.0292. The Balaban J connectivity index is 2.24. The second-order valence-corrected chi connectivity index (χ2v) is 39.8. The van der Waals surface area contributed by atoms with Gasteiger partial charge in [0, 0.05) is 37.5 Å². The minimum absolute atomic E-state index is 0.176. The largest absolute Gasteiger partial charge is 0.459 e. The van der Waals surface area contributed by atoms with Crippen LogP contribution in [0, 0.1) is 0 Å². The maximum atomic E-state index is 15.5. The second-order valence-electron chi connectivity index (χ2n) is 25.2. The third-order valence-electron chi connectivity index (χ3n) is 17.0. The van der Waals surface area contributed by atoms with Gasteiger partial charge in [0.2, 0.25) is 8.32 Å². The lowest BCUT2D eigenvalue weighted by Gasteiger charge is -2.47. The molecule has 0 aromatic heterocycles. The van der Waals surface area contributed by atoms with Crippen LogP contribution in [0.5, 0.6) is 0 Å². The molecule has 3 rings (SSSR count). The van der Waals surface area contributed by atoms with Gasteiger partial charge in [-0.3, -0.25) is 0 Å². The SMILES string of the molecule is CCCCCCCCCCCCCC[C@H](CC[C@@H](C[C@@H](C[C@H]1CC=CC(=O)O1)O[Si](C(C)C)(C(C)C)C(C)C)O[Si](CCC(F)(F)C(F)(F)C(F)(F)F)(C(C)C)C(C)C)O[Si](c1ccccc1)(c1ccccc1)C(C)(C)C. The molecule has 5 nitrogen and oxygen atoms in total. The third-order valence-corrected chi connectivity index (χ3v) is 34.0. The first-order chi connectivity index (χ1) is 35.9. The summed E-state index contributed by atoms with van der Waals surface area (Å²) >= 11 is 0. The molecule has 0 amide bonds. The first kappa shape index (κ1) is 69.0. The molecule has 2 aromatic rings. The highest BCUT2D eigenvalue weighted by molar-refractivity contribution is 6.99. The summed E-state index contributed by atoms with van der Waals surface area (Å²) in [6.45, 7) is 29.4. The minimum Gasteiger partial charge on any atom is -0.459 e. The zero-order valence-electron chi connectivity index (χ0n) is 50.0. The van der Waals surface area contributed by atoms with Gasteiger partial charge in [-0.1, -0.05) is 241 Å². The molecule has 4 atom stereocenters. The summed E-state index contributed by atoms with van der Waals surface area (Å²) in [5, 5.41) is 1.93. The van der Waals surface area contributed by atoms with Crippen LogP contribution in [0.3, 0.4) is 0 Å². The van der Waals surface area contributed by atoms with Crippen molar-refractivity contribution in [2.75, 3.05) is 0 Å². The summed E-state index contributed by atoms with van der Waals surface area (Å²) in [6.07, 6.45) is 10.2. The number of cyclic esters (lactones) is 1. The van der Waals surface area contributed by atoms with Gasteiger partial charge in [-0.2, -0.15) is 30.7 Å². The van der Waals surface area contributed by atoms with E-state index in [1.54, 1.807) is 6.08 Å². The van der Waals surface area contributed by atoms with Crippen LogP contribution in [0.15, 0.2) is 72.8 Å². The van der Waals surface area contributed by atoms with Gasteiger partial charge in [-0.15, -0.1) is 0 Å². The molecule has 0 aliphatic carbocycles. The van der Waals surface area contributed by atoms with Crippen molar-refractivity contribution in [2.24, 2.45) is 0 Å². The van der Waals surface area contributed by atoms with E-state index in [1.807, 2.05) is 39.8 Å². The van der Waals surface area contributed by atoms with Crippen molar-refractivity contribution in [3.8, 4) is 0 Å². The van der Waals surface area contributed by atoms with E-state index in [2.05, 4.69) is 118 Å². The summed E-state index contributed by atoms with van der Waals surface area (Å²) in [5.41, 5.74) is -0.351. The zero-order valence-corrected chi connectivity index (χ0v) is 53.0. The number of ether oxygens (including phenoxy) is 1. The molecule has 77 heavy (non-hydrogen) atoms. The Morgan fingerprint density at radius 2 is 1.03 bits per heavy atom. The van der Waals surface area contributed by atoms with E-state index in [0.29, 0.717) is 25.7 Å². The van der Waals surface area contributed by atoms with Crippen molar-refractivity contribution in [1.29, 1.82) is 0 Å². The number of benzene rings is 2. The smallest absolute Gasteiger partial charge is 0.459 e. The van der Waals surface area contributed by atoms with Crippen molar-refractivity contribution < 1.29 is 53.5 Å². The van der Waals surface area contributed by atoms with E-state index in [0.717, 1.165) is 42.5 Å². The molecule has 0 saturated heterocycles. The van der Waals surface area contributed by atoms with Crippen molar-refractivity contribution in [3.05, 3.63) is 72.8 Å². The number of unbranched alkanes of at least 4 members (excludes halogenated alkanes) is 11. The van der Waals surface area contributed by atoms with Crippen LogP contribution in [0.4, 0.5) is 30.7 Å². The molecule has 0 unspecified atom stereocenters. The average Bonchev–Trinajstić information content (AvgIpc) is 3.34. The molecule has 442 valence electrons. The van der Waals surface area contributed by atoms with Gasteiger partial charge in [0.1, 0.15) is 6.10 Å². The highest BCUT2D eigenvalue weighted by Crippen LogP contribution is 2.52. The highest BCUT2D eigenvalue weighted by Gasteiger charge is 2.73. The molecule has 0 radical (unpaired) electrons. The molecule has 0 fully saturated rings. The molecule has 1 aliphatic heterocycles. The molecular weight excluding hydrogens is 1040 g/mol. The summed E-state index contributed by atoms with van der Waals surface area (Å²) < 4.78 is 130.